The molecule has 0 radical (unpaired) electrons. The smallest absolute Gasteiger partial charge is 0.257 e. The van der Waals surface area contributed by atoms with Gasteiger partial charge in [0.05, 0.1) is 11.8 Å². The third-order valence-corrected chi connectivity index (χ3v) is 3.68. The van der Waals surface area contributed by atoms with Crippen LogP contribution in [-0.2, 0) is 13.6 Å². The van der Waals surface area contributed by atoms with Crippen LogP contribution in [0.3, 0.4) is 0 Å². The maximum atomic E-state index is 12.4. The highest BCUT2D eigenvalue weighted by atomic mass is 32.1. The summed E-state index contributed by atoms with van der Waals surface area (Å²) >= 11 is 4.97. The lowest BCUT2D eigenvalue weighted by atomic mass is 10.1. The largest absolute Gasteiger partial charge is 0.389 e. The highest BCUT2D eigenvalue weighted by molar-refractivity contribution is 7.80. The predicted molar refractivity (Wildman–Crippen MR) is 86.1 cm³/mol. The maximum absolute atomic E-state index is 12.4. The van der Waals surface area contributed by atoms with Crippen molar-refractivity contribution in [1.29, 1.82) is 0 Å². The Morgan fingerprint density at radius 1 is 1.48 bits per heavy atom. The van der Waals surface area contributed by atoms with Gasteiger partial charge in [-0.05, 0) is 18.6 Å². The van der Waals surface area contributed by atoms with Crippen LogP contribution in [0.25, 0.3) is 0 Å². The van der Waals surface area contributed by atoms with E-state index in [0.717, 1.165) is 16.8 Å². The van der Waals surface area contributed by atoms with Gasteiger partial charge in [-0.1, -0.05) is 30.4 Å². The Labute approximate surface area is 129 Å². The third kappa shape index (κ3) is 3.28. The number of benzene rings is 1. The molecule has 0 aliphatic rings. The fourth-order valence-electron chi connectivity index (χ4n) is 2.08. The van der Waals surface area contributed by atoms with E-state index < -0.39 is 0 Å². The number of nitrogens with zero attached hydrogens (tertiary/aromatic N) is 3. The molecule has 2 rings (SSSR count). The number of aryl methyl sites for hydroxylation is 1. The Morgan fingerprint density at radius 3 is 2.76 bits per heavy atom. The van der Waals surface area contributed by atoms with Gasteiger partial charge < -0.3 is 10.6 Å². The summed E-state index contributed by atoms with van der Waals surface area (Å²) in [5, 5.41) is 4.10. The zero-order valence-corrected chi connectivity index (χ0v) is 13.1. The Morgan fingerprint density at radius 2 is 2.19 bits per heavy atom. The quantitative estimate of drug-likeness (QED) is 0.872. The molecule has 6 heteroatoms. The standard InChI is InChI=1S/C15H18N4OS/c1-10-13(8-17-19(10)3)15(20)18(2)9-11-5-4-6-12(7-11)14(16)21/h4-8H,9H2,1-3H3,(H2,16,21). The minimum Gasteiger partial charge on any atom is -0.389 e. The van der Waals surface area contributed by atoms with Gasteiger partial charge in [0.15, 0.2) is 0 Å². The van der Waals surface area contributed by atoms with Gasteiger partial charge in [0.2, 0.25) is 0 Å². The zero-order chi connectivity index (χ0) is 15.6. The summed E-state index contributed by atoms with van der Waals surface area (Å²) < 4.78 is 1.69. The average Bonchev–Trinajstić information content (AvgIpc) is 2.78. The van der Waals surface area contributed by atoms with Crippen LogP contribution in [0.4, 0.5) is 0 Å². The summed E-state index contributed by atoms with van der Waals surface area (Å²) in [6.07, 6.45) is 1.60. The average molecular weight is 302 g/mol. The molecule has 0 spiro atoms. The van der Waals surface area contributed by atoms with Gasteiger partial charge in [0.25, 0.3) is 5.91 Å². The second-order valence-electron chi connectivity index (χ2n) is 4.99. The molecule has 5 nitrogen and oxygen atoms in total. The van der Waals surface area contributed by atoms with E-state index in [1.54, 1.807) is 22.8 Å². The van der Waals surface area contributed by atoms with Crippen molar-refractivity contribution in [3.63, 3.8) is 0 Å². The molecule has 1 aromatic carbocycles. The zero-order valence-electron chi connectivity index (χ0n) is 12.3. The number of rotatable bonds is 4. The van der Waals surface area contributed by atoms with E-state index in [2.05, 4.69) is 5.10 Å². The van der Waals surface area contributed by atoms with Crippen LogP contribution in [0.5, 0.6) is 0 Å². The minimum absolute atomic E-state index is 0.0543. The lowest BCUT2D eigenvalue weighted by Gasteiger charge is -2.17. The first-order valence-corrected chi connectivity index (χ1v) is 6.93. The molecule has 2 N–H and O–H groups in total. The lowest BCUT2D eigenvalue weighted by molar-refractivity contribution is 0.0784. The monoisotopic (exact) mass is 302 g/mol. The number of thiocarbonyl (C=S) groups is 1. The van der Waals surface area contributed by atoms with E-state index in [1.807, 2.05) is 38.2 Å². The molecule has 1 amide bonds. The number of aromatic nitrogens is 2. The number of carbonyl (C=O) groups is 1. The number of hydrogen-bond acceptors (Lipinski definition) is 3. The number of carbonyl (C=O) groups excluding carboxylic acids is 1. The molecule has 0 bridgehead atoms. The fraction of sp³-hybridized carbons (Fsp3) is 0.267. The summed E-state index contributed by atoms with van der Waals surface area (Å²) in [5.41, 5.74) is 8.88. The van der Waals surface area contributed by atoms with Gasteiger partial charge in [-0.25, -0.2) is 0 Å². The van der Waals surface area contributed by atoms with Crippen LogP contribution < -0.4 is 5.73 Å². The van der Waals surface area contributed by atoms with Crippen LogP contribution in [0.15, 0.2) is 30.5 Å². The molecule has 1 aromatic heterocycles. The Kier molecular flexibility index (Phi) is 4.37. The fourth-order valence-corrected chi connectivity index (χ4v) is 2.21. The summed E-state index contributed by atoms with van der Waals surface area (Å²) in [4.78, 5) is 14.4. The van der Waals surface area contributed by atoms with Crippen molar-refractivity contribution < 1.29 is 4.79 Å². The van der Waals surface area contributed by atoms with Crippen molar-refractivity contribution in [2.45, 2.75) is 13.5 Å². The number of amides is 1. The molecular weight excluding hydrogens is 284 g/mol. The Hall–Kier alpha value is -2.21. The van der Waals surface area contributed by atoms with E-state index in [9.17, 15) is 4.79 Å². The predicted octanol–water partition coefficient (Wildman–Crippen LogP) is 1.63. The summed E-state index contributed by atoms with van der Waals surface area (Å²) in [6, 6.07) is 7.60. The van der Waals surface area contributed by atoms with Crippen LogP contribution >= 0.6 is 12.2 Å². The van der Waals surface area contributed by atoms with Crippen molar-refractivity contribution in [3.8, 4) is 0 Å². The molecule has 0 saturated carbocycles. The van der Waals surface area contributed by atoms with E-state index in [0.29, 0.717) is 17.1 Å². The van der Waals surface area contributed by atoms with Crippen LogP contribution in [0, 0.1) is 6.92 Å². The molecule has 0 saturated heterocycles. The molecule has 0 atom stereocenters. The van der Waals surface area contributed by atoms with Gasteiger partial charge in [-0.15, -0.1) is 0 Å². The summed E-state index contributed by atoms with van der Waals surface area (Å²) in [6.45, 7) is 2.37. The second kappa shape index (κ2) is 6.05. The molecule has 1 heterocycles. The van der Waals surface area contributed by atoms with E-state index in [1.165, 1.54) is 0 Å². The van der Waals surface area contributed by atoms with Crippen LogP contribution in [0.1, 0.15) is 27.2 Å². The van der Waals surface area contributed by atoms with Crippen molar-refractivity contribution >= 4 is 23.1 Å². The van der Waals surface area contributed by atoms with Crippen molar-refractivity contribution in [1.82, 2.24) is 14.7 Å². The van der Waals surface area contributed by atoms with Crippen molar-refractivity contribution in [3.05, 3.63) is 52.8 Å². The van der Waals surface area contributed by atoms with Gasteiger partial charge in [0, 0.05) is 31.9 Å². The Bertz CT molecular complexity index is 693. The normalized spacial score (nSPS) is 10.4. The van der Waals surface area contributed by atoms with E-state index >= 15 is 0 Å². The third-order valence-electron chi connectivity index (χ3n) is 3.44. The summed E-state index contributed by atoms with van der Waals surface area (Å²) in [5.74, 6) is -0.0543. The Balaban J connectivity index is 2.16. The first kappa shape index (κ1) is 15.2. The van der Waals surface area contributed by atoms with Gasteiger partial charge in [0.1, 0.15) is 4.99 Å². The molecular formula is C15H18N4OS. The molecule has 2 aromatic rings. The first-order chi connectivity index (χ1) is 9.90. The lowest BCUT2D eigenvalue weighted by Crippen LogP contribution is -2.26. The minimum atomic E-state index is -0.0543. The molecule has 0 fully saturated rings. The molecule has 21 heavy (non-hydrogen) atoms. The molecule has 0 aliphatic carbocycles. The van der Waals surface area contributed by atoms with Crippen LogP contribution in [-0.4, -0.2) is 32.6 Å². The van der Waals surface area contributed by atoms with Crippen molar-refractivity contribution in [2.75, 3.05) is 7.05 Å². The maximum Gasteiger partial charge on any atom is 0.257 e. The molecule has 0 unspecified atom stereocenters. The van der Waals surface area contributed by atoms with Gasteiger partial charge in [-0.3, -0.25) is 9.48 Å². The van der Waals surface area contributed by atoms with E-state index in [4.69, 9.17) is 18.0 Å². The van der Waals surface area contributed by atoms with Gasteiger partial charge in [-0.2, -0.15) is 5.10 Å². The second-order valence-corrected chi connectivity index (χ2v) is 5.43. The van der Waals surface area contributed by atoms with Crippen LogP contribution in [0.2, 0.25) is 0 Å². The van der Waals surface area contributed by atoms with Crippen molar-refractivity contribution in [2.24, 2.45) is 12.8 Å². The number of nitrogens with two attached hydrogens (primary N) is 1. The highest BCUT2D eigenvalue weighted by Gasteiger charge is 2.17. The number of hydrogen-bond donors (Lipinski definition) is 1. The molecule has 0 aliphatic heterocycles. The van der Waals surface area contributed by atoms with Gasteiger partial charge >= 0.3 is 0 Å². The topological polar surface area (TPSA) is 64.2 Å². The molecule has 110 valence electrons. The van der Waals surface area contributed by atoms with E-state index in [-0.39, 0.29) is 5.91 Å². The summed E-state index contributed by atoms with van der Waals surface area (Å²) in [7, 11) is 3.58. The first-order valence-electron chi connectivity index (χ1n) is 6.53. The SMILES string of the molecule is Cc1c(C(=O)N(C)Cc2cccc(C(N)=S)c2)cnn1C. The highest BCUT2D eigenvalue weighted by Crippen LogP contribution is 2.12.